The van der Waals surface area contributed by atoms with Gasteiger partial charge in [-0.2, -0.15) is 4.58 Å². The van der Waals surface area contributed by atoms with E-state index in [2.05, 4.69) is 181 Å². The fraction of sp³-hybridized carbons (Fsp3) is 0.413. The molecule has 3 aromatic rings. The minimum atomic E-state index is -0.0969. The highest BCUT2D eigenvalue weighted by atomic mass is 16.5. The first-order valence-corrected chi connectivity index (χ1v) is 18.9. The molecule has 2 aliphatic heterocycles. The molecule has 0 spiro atoms. The predicted molar refractivity (Wildman–Crippen MR) is 213 cm³/mol. The summed E-state index contributed by atoms with van der Waals surface area (Å²) in [5.74, 6) is 1.87. The molecule has 0 saturated carbocycles. The van der Waals surface area contributed by atoms with Crippen LogP contribution in [-0.4, -0.2) is 35.5 Å². The molecule has 0 amide bonds. The molecule has 0 N–H and O–H groups in total. The quantitative estimate of drug-likeness (QED) is 0.200. The van der Waals surface area contributed by atoms with Crippen molar-refractivity contribution >= 4 is 22.8 Å². The molecule has 0 fully saturated rings. The van der Waals surface area contributed by atoms with Crippen LogP contribution in [0.5, 0.6) is 5.75 Å². The zero-order chi connectivity index (χ0) is 35.8. The van der Waals surface area contributed by atoms with Gasteiger partial charge in [-0.25, -0.2) is 0 Å². The number of anilines is 2. The third kappa shape index (κ3) is 6.38. The highest BCUT2D eigenvalue weighted by Gasteiger charge is 2.45. The molecule has 6 rings (SSSR count). The summed E-state index contributed by atoms with van der Waals surface area (Å²) in [4.78, 5) is 4.89. The number of para-hydroxylation sites is 2. The lowest BCUT2D eigenvalue weighted by Crippen LogP contribution is -2.31. The average Bonchev–Trinajstić information content (AvgIpc) is 3.47. The van der Waals surface area contributed by atoms with Crippen molar-refractivity contribution in [2.75, 3.05) is 22.9 Å². The van der Waals surface area contributed by atoms with Crippen LogP contribution in [0.4, 0.5) is 17.1 Å². The second-order valence-corrected chi connectivity index (χ2v) is 15.7. The average molecular weight is 669 g/mol. The van der Waals surface area contributed by atoms with Crippen LogP contribution in [0, 0.1) is 0 Å². The van der Waals surface area contributed by atoms with Crippen LogP contribution >= 0.6 is 0 Å². The molecule has 0 bridgehead atoms. The van der Waals surface area contributed by atoms with E-state index in [1.807, 2.05) is 0 Å². The molecular weight excluding hydrogens is 611 g/mol. The van der Waals surface area contributed by atoms with Gasteiger partial charge in [0.2, 0.25) is 5.69 Å². The summed E-state index contributed by atoms with van der Waals surface area (Å²) >= 11 is 0. The fourth-order valence-corrected chi connectivity index (χ4v) is 8.39. The van der Waals surface area contributed by atoms with E-state index in [0.29, 0.717) is 12.1 Å². The van der Waals surface area contributed by atoms with E-state index >= 15 is 0 Å². The summed E-state index contributed by atoms with van der Waals surface area (Å²) in [6, 6.07) is 27.1. The summed E-state index contributed by atoms with van der Waals surface area (Å²) in [6.45, 7) is 25.0. The zero-order valence-corrected chi connectivity index (χ0v) is 32.2. The van der Waals surface area contributed by atoms with Gasteiger partial charge in [-0.1, -0.05) is 56.3 Å². The van der Waals surface area contributed by atoms with Crippen molar-refractivity contribution in [2.24, 2.45) is 0 Å². The van der Waals surface area contributed by atoms with E-state index in [1.54, 1.807) is 0 Å². The van der Waals surface area contributed by atoms with Crippen LogP contribution in [0.1, 0.15) is 99.6 Å². The number of benzene rings is 3. The number of allylic oxidation sites excluding steroid dienone is 7. The Morgan fingerprint density at radius 1 is 0.780 bits per heavy atom. The Labute approximate surface area is 302 Å². The van der Waals surface area contributed by atoms with Gasteiger partial charge in [0, 0.05) is 59.3 Å². The van der Waals surface area contributed by atoms with Crippen molar-refractivity contribution in [1.29, 1.82) is 0 Å². The van der Waals surface area contributed by atoms with Crippen molar-refractivity contribution in [3.8, 4) is 5.75 Å². The summed E-state index contributed by atoms with van der Waals surface area (Å²) in [5.41, 5.74) is 11.6. The normalized spacial score (nSPS) is 19.8. The van der Waals surface area contributed by atoms with Crippen molar-refractivity contribution in [3.05, 3.63) is 131 Å². The zero-order valence-electron chi connectivity index (χ0n) is 32.2. The summed E-state index contributed by atoms with van der Waals surface area (Å²) < 4.78 is 9.48. The largest absolute Gasteiger partial charge is 0.457 e. The Balaban J connectivity index is 1.46. The van der Waals surface area contributed by atoms with E-state index in [1.165, 1.54) is 50.7 Å². The molecule has 1 aliphatic carbocycles. The number of nitrogens with zero attached hydrogens (tertiary/aromatic N) is 3. The second-order valence-electron chi connectivity index (χ2n) is 15.7. The molecule has 4 heteroatoms. The van der Waals surface area contributed by atoms with Gasteiger partial charge in [0.05, 0.1) is 5.41 Å². The molecule has 3 aliphatic rings. The first kappa shape index (κ1) is 35.5. The third-order valence-electron chi connectivity index (χ3n) is 11.1. The van der Waals surface area contributed by atoms with Crippen molar-refractivity contribution in [2.45, 2.75) is 111 Å². The van der Waals surface area contributed by atoms with Crippen LogP contribution in [0.2, 0.25) is 0 Å². The van der Waals surface area contributed by atoms with Gasteiger partial charge in [0.25, 0.3) is 0 Å². The summed E-state index contributed by atoms with van der Waals surface area (Å²) in [6.07, 6.45) is 12.5. The Hall–Kier alpha value is -4.31. The third-order valence-corrected chi connectivity index (χ3v) is 11.1. The molecule has 262 valence electrons. The summed E-state index contributed by atoms with van der Waals surface area (Å²) in [5, 5.41) is 0. The smallest absolute Gasteiger partial charge is 0.209 e. The standard InChI is InChI=1S/C46H58N3O/c1-11-47(12-2)36-26-28-37(29-27-36)50-44-34(24-30-42-45(7,8)38-20-13-15-22-40(38)48(42)32(3)4)18-17-19-35(44)25-31-43-46(9,10)39-21-14-16-23-41(39)49(43)33(5)6/h13-16,20-33H,11-12,17-19H2,1-10H3/q+1. The maximum absolute atomic E-state index is 6.97. The van der Waals surface area contributed by atoms with Crippen molar-refractivity contribution in [3.63, 3.8) is 0 Å². The van der Waals surface area contributed by atoms with Gasteiger partial charge in [-0.3, -0.25) is 0 Å². The van der Waals surface area contributed by atoms with Crippen LogP contribution in [0.15, 0.2) is 120 Å². The van der Waals surface area contributed by atoms with E-state index in [4.69, 9.17) is 4.74 Å². The van der Waals surface area contributed by atoms with Crippen LogP contribution < -0.4 is 14.5 Å². The van der Waals surface area contributed by atoms with Crippen molar-refractivity contribution < 1.29 is 9.31 Å². The lowest BCUT2D eigenvalue weighted by atomic mass is 9.81. The second kappa shape index (κ2) is 14.1. The van der Waals surface area contributed by atoms with E-state index in [-0.39, 0.29) is 10.8 Å². The van der Waals surface area contributed by atoms with Gasteiger partial charge in [-0.05, 0) is 134 Å². The molecular formula is C46H58N3O+. The number of fused-ring (bicyclic) bond motifs is 2. The Morgan fingerprint density at radius 3 is 2.10 bits per heavy atom. The Bertz CT molecular complexity index is 1880. The van der Waals surface area contributed by atoms with E-state index in [9.17, 15) is 0 Å². The minimum Gasteiger partial charge on any atom is -0.457 e. The lowest BCUT2D eigenvalue weighted by Gasteiger charge is -2.30. The molecule has 4 nitrogen and oxygen atoms in total. The van der Waals surface area contributed by atoms with Gasteiger partial charge in [-0.15, -0.1) is 0 Å². The summed E-state index contributed by atoms with van der Waals surface area (Å²) in [7, 11) is 0. The maximum Gasteiger partial charge on any atom is 0.209 e. The van der Waals surface area contributed by atoms with Gasteiger partial charge in [0.15, 0.2) is 11.8 Å². The van der Waals surface area contributed by atoms with Gasteiger partial charge < -0.3 is 14.5 Å². The number of rotatable bonds is 10. The molecule has 2 heterocycles. The molecule has 0 radical (unpaired) electrons. The van der Waals surface area contributed by atoms with Crippen LogP contribution in [0.25, 0.3) is 0 Å². The van der Waals surface area contributed by atoms with Gasteiger partial charge in [0.1, 0.15) is 11.5 Å². The molecule has 0 saturated heterocycles. The maximum atomic E-state index is 6.97. The fourth-order valence-electron chi connectivity index (χ4n) is 8.39. The molecule has 0 atom stereocenters. The number of ether oxygens (including phenoxy) is 1. The molecule has 0 aromatic heterocycles. The van der Waals surface area contributed by atoms with Crippen LogP contribution in [0.3, 0.4) is 0 Å². The number of hydrogen-bond acceptors (Lipinski definition) is 3. The molecule has 3 aromatic carbocycles. The first-order chi connectivity index (χ1) is 23.9. The van der Waals surface area contributed by atoms with Crippen molar-refractivity contribution in [1.82, 2.24) is 0 Å². The first-order valence-electron chi connectivity index (χ1n) is 18.9. The monoisotopic (exact) mass is 668 g/mol. The molecule has 0 unspecified atom stereocenters. The lowest BCUT2D eigenvalue weighted by molar-refractivity contribution is -0.472. The molecule has 50 heavy (non-hydrogen) atoms. The minimum absolute atomic E-state index is 0.0969. The Kier molecular flexibility index (Phi) is 10.0. The van der Waals surface area contributed by atoms with E-state index in [0.717, 1.165) is 43.9 Å². The predicted octanol–water partition coefficient (Wildman–Crippen LogP) is 11.4. The van der Waals surface area contributed by atoms with Crippen LogP contribution in [-0.2, 0) is 10.8 Å². The van der Waals surface area contributed by atoms with E-state index < -0.39 is 0 Å². The Morgan fingerprint density at radius 2 is 1.44 bits per heavy atom. The SMILES string of the molecule is CCN(CC)c1ccc(OC2=C(/C=C/C3=[N+](C(C)C)c4ccccc4C3(C)C)CCC/C2=C\C=C2\N(C(C)C)c3ccccc3C2(C)C)cc1. The number of hydrogen-bond donors (Lipinski definition) is 0. The highest BCUT2D eigenvalue weighted by molar-refractivity contribution is 6.03. The topological polar surface area (TPSA) is 18.7 Å². The van der Waals surface area contributed by atoms with Gasteiger partial charge >= 0.3 is 0 Å². The highest BCUT2D eigenvalue weighted by Crippen LogP contribution is 2.49.